The van der Waals surface area contributed by atoms with Crippen LogP contribution in [-0.4, -0.2) is 12.0 Å². The van der Waals surface area contributed by atoms with E-state index in [1.807, 2.05) is 24.1 Å². The van der Waals surface area contributed by atoms with Gasteiger partial charge in [0.1, 0.15) is 16.6 Å². The molecule has 5 heteroatoms. The number of thiocarbonyl (C=S) groups is 1. The molecule has 2 rings (SSSR count). The van der Waals surface area contributed by atoms with E-state index in [1.165, 1.54) is 12.1 Å². The predicted molar refractivity (Wildman–Crippen MR) is 73.1 cm³/mol. The van der Waals surface area contributed by atoms with Crippen molar-refractivity contribution in [3.63, 3.8) is 0 Å². The van der Waals surface area contributed by atoms with E-state index in [9.17, 15) is 4.39 Å². The Hall–Kier alpha value is -1.88. The number of halogens is 1. The van der Waals surface area contributed by atoms with Crippen LogP contribution in [0.5, 0.6) is 0 Å². The summed E-state index contributed by atoms with van der Waals surface area (Å²) in [6, 6.07) is 8.08. The highest BCUT2D eigenvalue weighted by atomic mass is 32.1. The molecule has 94 valence electrons. The number of hydrogen-bond acceptors (Lipinski definition) is 3. The van der Waals surface area contributed by atoms with Crippen LogP contribution in [-0.2, 0) is 6.54 Å². The summed E-state index contributed by atoms with van der Waals surface area (Å²) in [5.74, 6) is 0.462. The molecule has 0 saturated heterocycles. The number of nitrogens with zero attached hydrogens (tertiary/aromatic N) is 1. The Morgan fingerprint density at radius 1 is 1.44 bits per heavy atom. The van der Waals surface area contributed by atoms with Crippen LogP contribution in [0.15, 0.2) is 41.0 Å². The standard InChI is InChI=1S/C13H13FN2OS/c1-16(8-10-3-2-6-17-10)12-5-4-9(14)7-11(12)13(15)18/h2-7H,8H2,1H3,(H2,15,18). The molecule has 0 atom stereocenters. The zero-order valence-electron chi connectivity index (χ0n) is 9.89. The molecule has 0 bridgehead atoms. The summed E-state index contributed by atoms with van der Waals surface area (Å²) >= 11 is 4.94. The van der Waals surface area contributed by atoms with Crippen LogP contribution in [0.2, 0.25) is 0 Å². The van der Waals surface area contributed by atoms with Gasteiger partial charge >= 0.3 is 0 Å². The van der Waals surface area contributed by atoms with Crippen molar-refractivity contribution >= 4 is 22.9 Å². The molecule has 1 heterocycles. The van der Waals surface area contributed by atoms with Crippen LogP contribution in [0.3, 0.4) is 0 Å². The first kappa shape index (κ1) is 12.6. The molecule has 18 heavy (non-hydrogen) atoms. The summed E-state index contributed by atoms with van der Waals surface area (Å²) in [4.78, 5) is 2.09. The van der Waals surface area contributed by atoms with Gasteiger partial charge in [-0.1, -0.05) is 12.2 Å². The largest absolute Gasteiger partial charge is 0.467 e. The van der Waals surface area contributed by atoms with Crippen LogP contribution < -0.4 is 10.6 Å². The average molecular weight is 264 g/mol. The fraction of sp³-hybridized carbons (Fsp3) is 0.154. The van der Waals surface area contributed by atoms with Gasteiger partial charge in [-0.2, -0.15) is 0 Å². The van der Waals surface area contributed by atoms with E-state index in [2.05, 4.69) is 0 Å². The topological polar surface area (TPSA) is 42.4 Å². The lowest BCUT2D eigenvalue weighted by Gasteiger charge is -2.21. The van der Waals surface area contributed by atoms with Gasteiger partial charge in [-0.15, -0.1) is 0 Å². The van der Waals surface area contributed by atoms with Crippen LogP contribution in [0.25, 0.3) is 0 Å². The number of nitrogens with two attached hydrogens (primary N) is 1. The third-order valence-corrected chi connectivity index (χ3v) is 2.83. The number of hydrogen-bond donors (Lipinski definition) is 1. The number of benzene rings is 1. The molecule has 0 aliphatic rings. The molecule has 2 aromatic rings. The van der Waals surface area contributed by atoms with Crippen molar-refractivity contribution in [2.75, 3.05) is 11.9 Å². The van der Waals surface area contributed by atoms with E-state index >= 15 is 0 Å². The van der Waals surface area contributed by atoms with Crippen molar-refractivity contribution in [2.45, 2.75) is 6.54 Å². The summed E-state index contributed by atoms with van der Waals surface area (Å²) in [6.45, 7) is 0.564. The van der Waals surface area contributed by atoms with Crippen LogP contribution in [0.4, 0.5) is 10.1 Å². The fourth-order valence-corrected chi connectivity index (χ4v) is 1.92. The normalized spacial score (nSPS) is 10.3. The summed E-state index contributed by atoms with van der Waals surface area (Å²) in [5, 5.41) is 0. The fourth-order valence-electron chi connectivity index (χ4n) is 1.76. The molecule has 2 N–H and O–H groups in total. The first-order valence-electron chi connectivity index (χ1n) is 5.41. The van der Waals surface area contributed by atoms with Gasteiger partial charge in [0.25, 0.3) is 0 Å². The Balaban J connectivity index is 2.29. The van der Waals surface area contributed by atoms with Crippen molar-refractivity contribution in [1.82, 2.24) is 0 Å². The van der Waals surface area contributed by atoms with Gasteiger partial charge in [0, 0.05) is 18.3 Å². The molecule has 0 radical (unpaired) electrons. The van der Waals surface area contributed by atoms with Crippen molar-refractivity contribution < 1.29 is 8.81 Å². The van der Waals surface area contributed by atoms with Gasteiger partial charge in [0.2, 0.25) is 0 Å². The first-order valence-corrected chi connectivity index (χ1v) is 5.81. The average Bonchev–Trinajstić information content (AvgIpc) is 2.81. The Morgan fingerprint density at radius 3 is 2.83 bits per heavy atom. The molecule has 0 aliphatic carbocycles. The van der Waals surface area contributed by atoms with Gasteiger partial charge in [-0.25, -0.2) is 4.39 Å². The lowest BCUT2D eigenvalue weighted by molar-refractivity contribution is 0.507. The number of furan rings is 1. The minimum absolute atomic E-state index is 0.177. The Kier molecular flexibility index (Phi) is 3.62. The molecule has 0 fully saturated rings. The van der Waals surface area contributed by atoms with E-state index in [0.29, 0.717) is 12.1 Å². The highest BCUT2D eigenvalue weighted by Crippen LogP contribution is 2.22. The molecule has 0 spiro atoms. The summed E-state index contributed by atoms with van der Waals surface area (Å²) in [5.41, 5.74) is 6.91. The minimum atomic E-state index is -0.354. The monoisotopic (exact) mass is 264 g/mol. The SMILES string of the molecule is CN(Cc1ccco1)c1ccc(F)cc1C(N)=S. The molecule has 0 aliphatic heterocycles. The minimum Gasteiger partial charge on any atom is -0.467 e. The van der Waals surface area contributed by atoms with Gasteiger partial charge in [0.15, 0.2) is 0 Å². The lowest BCUT2D eigenvalue weighted by Crippen LogP contribution is -2.21. The third kappa shape index (κ3) is 2.68. The van der Waals surface area contributed by atoms with E-state index < -0.39 is 0 Å². The predicted octanol–water partition coefficient (Wildman–Crippen LogP) is 2.69. The molecule has 0 amide bonds. The number of anilines is 1. The van der Waals surface area contributed by atoms with Crippen LogP contribution >= 0.6 is 12.2 Å². The maximum Gasteiger partial charge on any atom is 0.124 e. The van der Waals surface area contributed by atoms with Crippen LogP contribution in [0, 0.1) is 5.82 Å². The quantitative estimate of drug-likeness (QED) is 0.862. The molecule has 3 nitrogen and oxygen atoms in total. The van der Waals surface area contributed by atoms with Crippen molar-refractivity contribution in [3.8, 4) is 0 Å². The molecule has 1 aromatic carbocycles. The smallest absolute Gasteiger partial charge is 0.124 e. The van der Waals surface area contributed by atoms with E-state index in [-0.39, 0.29) is 10.8 Å². The lowest BCUT2D eigenvalue weighted by atomic mass is 10.1. The Morgan fingerprint density at radius 2 is 2.22 bits per heavy atom. The second-order valence-electron chi connectivity index (χ2n) is 3.96. The maximum atomic E-state index is 13.2. The van der Waals surface area contributed by atoms with E-state index in [4.69, 9.17) is 22.4 Å². The van der Waals surface area contributed by atoms with Gasteiger partial charge in [-0.3, -0.25) is 0 Å². The van der Waals surface area contributed by atoms with E-state index in [1.54, 1.807) is 12.3 Å². The number of rotatable bonds is 4. The molecule has 0 unspecified atom stereocenters. The first-order chi connectivity index (χ1) is 8.58. The summed E-state index contributed by atoms with van der Waals surface area (Å²) in [7, 11) is 1.87. The Labute approximate surface area is 110 Å². The van der Waals surface area contributed by atoms with Gasteiger partial charge in [0.05, 0.1) is 12.8 Å². The third-order valence-electron chi connectivity index (χ3n) is 2.61. The van der Waals surface area contributed by atoms with E-state index in [0.717, 1.165) is 11.4 Å². The van der Waals surface area contributed by atoms with Crippen LogP contribution in [0.1, 0.15) is 11.3 Å². The van der Waals surface area contributed by atoms with Crippen molar-refractivity contribution in [1.29, 1.82) is 0 Å². The zero-order chi connectivity index (χ0) is 13.1. The summed E-state index contributed by atoms with van der Waals surface area (Å²) < 4.78 is 18.5. The molecular weight excluding hydrogens is 251 g/mol. The Bertz CT molecular complexity index is 554. The summed E-state index contributed by atoms with van der Waals surface area (Å²) in [6.07, 6.45) is 1.61. The zero-order valence-corrected chi connectivity index (χ0v) is 10.7. The molecule has 0 saturated carbocycles. The van der Waals surface area contributed by atoms with Crippen molar-refractivity contribution in [2.24, 2.45) is 5.73 Å². The highest BCUT2D eigenvalue weighted by molar-refractivity contribution is 7.80. The maximum absolute atomic E-state index is 13.2. The highest BCUT2D eigenvalue weighted by Gasteiger charge is 2.12. The molecule has 1 aromatic heterocycles. The van der Waals surface area contributed by atoms with Gasteiger partial charge in [-0.05, 0) is 30.3 Å². The van der Waals surface area contributed by atoms with Gasteiger partial charge < -0.3 is 15.1 Å². The molecular formula is C13H13FN2OS. The van der Waals surface area contributed by atoms with Crippen molar-refractivity contribution in [3.05, 3.63) is 53.7 Å². The second-order valence-corrected chi connectivity index (χ2v) is 4.40. The second kappa shape index (κ2) is 5.18.